The van der Waals surface area contributed by atoms with E-state index in [0.29, 0.717) is 6.54 Å². The predicted molar refractivity (Wildman–Crippen MR) is 72.0 cm³/mol. The first-order valence-corrected chi connectivity index (χ1v) is 5.87. The van der Waals surface area contributed by atoms with Gasteiger partial charge in [-0.25, -0.2) is 0 Å². The molecule has 3 rings (SSSR count). The molecule has 2 heterocycles. The Kier molecular flexibility index (Phi) is 2.57. The maximum Gasteiger partial charge on any atom is 0.0906 e. The fourth-order valence-corrected chi connectivity index (χ4v) is 2.17. The van der Waals surface area contributed by atoms with Crippen molar-refractivity contribution < 1.29 is 0 Å². The highest BCUT2D eigenvalue weighted by Gasteiger charge is 2.09. The number of nitrogens with one attached hydrogen (secondary N) is 1. The largest absolute Gasteiger partial charge is 0.360 e. The predicted octanol–water partition coefficient (Wildman–Crippen LogP) is 2.39. The van der Waals surface area contributed by atoms with Crippen molar-refractivity contribution in [2.45, 2.75) is 13.5 Å². The van der Waals surface area contributed by atoms with Gasteiger partial charge in [0.2, 0.25) is 0 Å². The van der Waals surface area contributed by atoms with E-state index >= 15 is 0 Å². The molecule has 2 aromatic heterocycles. The summed E-state index contributed by atoms with van der Waals surface area (Å²) in [6, 6.07) is 6.20. The van der Waals surface area contributed by atoms with Crippen LogP contribution in [0.25, 0.3) is 22.2 Å². The highest BCUT2D eigenvalue weighted by Crippen LogP contribution is 2.29. The number of nitrogens with two attached hydrogens (primary N) is 1. The van der Waals surface area contributed by atoms with Crippen LogP contribution in [0, 0.1) is 6.92 Å². The molecular weight excluding hydrogens is 224 g/mol. The summed E-state index contributed by atoms with van der Waals surface area (Å²) >= 11 is 0. The number of fused-ring (bicyclic) bond motifs is 1. The first-order chi connectivity index (χ1) is 8.79. The first-order valence-electron chi connectivity index (χ1n) is 5.87. The van der Waals surface area contributed by atoms with Crippen LogP contribution in [0.3, 0.4) is 0 Å². The van der Waals surface area contributed by atoms with E-state index in [-0.39, 0.29) is 0 Å². The zero-order valence-corrected chi connectivity index (χ0v) is 10.1. The van der Waals surface area contributed by atoms with E-state index in [1.165, 1.54) is 10.9 Å². The Morgan fingerprint density at radius 3 is 2.83 bits per heavy atom. The summed E-state index contributed by atoms with van der Waals surface area (Å²) < 4.78 is 0. The number of hydrogen-bond donors (Lipinski definition) is 2. The maximum atomic E-state index is 5.52. The summed E-state index contributed by atoms with van der Waals surface area (Å²) in [7, 11) is 0. The van der Waals surface area contributed by atoms with Crippen LogP contribution >= 0.6 is 0 Å². The summed E-state index contributed by atoms with van der Waals surface area (Å²) in [6.07, 6.45) is 5.48. The Morgan fingerprint density at radius 1 is 1.22 bits per heavy atom. The summed E-state index contributed by atoms with van der Waals surface area (Å²) in [4.78, 5) is 12.0. The second-order valence-corrected chi connectivity index (χ2v) is 4.30. The van der Waals surface area contributed by atoms with Crippen molar-refractivity contribution in [2.24, 2.45) is 5.73 Å². The molecule has 0 saturated heterocycles. The summed E-state index contributed by atoms with van der Waals surface area (Å²) in [6.45, 7) is 2.52. The Hall–Kier alpha value is -2.20. The third-order valence-electron chi connectivity index (χ3n) is 3.10. The van der Waals surface area contributed by atoms with Crippen LogP contribution in [0.2, 0.25) is 0 Å². The van der Waals surface area contributed by atoms with Crippen molar-refractivity contribution in [1.29, 1.82) is 0 Å². The van der Waals surface area contributed by atoms with Gasteiger partial charge in [0.1, 0.15) is 0 Å². The number of hydrogen-bond acceptors (Lipinski definition) is 3. The third kappa shape index (κ3) is 1.67. The number of aryl methyl sites for hydroxylation is 1. The number of H-pyrrole nitrogens is 1. The molecule has 0 fully saturated rings. The van der Waals surface area contributed by atoms with E-state index in [0.717, 1.165) is 22.5 Å². The topological polar surface area (TPSA) is 67.6 Å². The van der Waals surface area contributed by atoms with Crippen LogP contribution in [0.1, 0.15) is 11.3 Å². The maximum absolute atomic E-state index is 5.52. The highest BCUT2D eigenvalue weighted by molar-refractivity contribution is 5.96. The van der Waals surface area contributed by atoms with Gasteiger partial charge in [-0.1, -0.05) is 12.1 Å². The van der Waals surface area contributed by atoms with Gasteiger partial charge in [-0.15, -0.1) is 0 Å². The molecule has 3 N–H and O–H groups in total. The summed E-state index contributed by atoms with van der Waals surface area (Å²) in [5.41, 5.74) is 10.6. The van der Waals surface area contributed by atoms with Gasteiger partial charge in [0.05, 0.1) is 23.8 Å². The molecule has 0 atom stereocenters. The van der Waals surface area contributed by atoms with Gasteiger partial charge in [-0.05, 0) is 18.6 Å². The van der Waals surface area contributed by atoms with E-state index in [1.54, 1.807) is 12.4 Å². The number of benzene rings is 1. The van der Waals surface area contributed by atoms with E-state index in [4.69, 9.17) is 5.73 Å². The van der Waals surface area contributed by atoms with Gasteiger partial charge in [-0.2, -0.15) is 0 Å². The molecule has 18 heavy (non-hydrogen) atoms. The van der Waals surface area contributed by atoms with Crippen LogP contribution < -0.4 is 5.73 Å². The van der Waals surface area contributed by atoms with Crippen LogP contribution in [0.5, 0.6) is 0 Å². The van der Waals surface area contributed by atoms with Crippen LogP contribution in [0.4, 0.5) is 0 Å². The molecule has 0 spiro atoms. The van der Waals surface area contributed by atoms with Crippen molar-refractivity contribution in [3.05, 3.63) is 48.0 Å². The minimum absolute atomic E-state index is 0.417. The minimum atomic E-state index is 0.417. The Balaban J connectivity index is 2.18. The van der Waals surface area contributed by atoms with Gasteiger partial charge < -0.3 is 10.7 Å². The molecular formula is C14H14N4. The monoisotopic (exact) mass is 238 g/mol. The molecule has 4 heteroatoms. The van der Waals surface area contributed by atoms with Crippen LogP contribution in [-0.2, 0) is 6.54 Å². The second kappa shape index (κ2) is 4.23. The standard InChI is InChI=1S/C14H14N4/c1-9-3-2-4-12-14(9)11(7-18-12)13-8-16-10(5-15)6-17-13/h2-4,6-8,18H,5,15H2,1H3. The Bertz CT molecular complexity index is 683. The van der Waals surface area contributed by atoms with Crippen molar-refractivity contribution in [3.8, 4) is 11.3 Å². The molecule has 0 radical (unpaired) electrons. The average molecular weight is 238 g/mol. The van der Waals surface area contributed by atoms with Crippen molar-refractivity contribution in [2.75, 3.05) is 0 Å². The molecule has 0 unspecified atom stereocenters. The van der Waals surface area contributed by atoms with Crippen LogP contribution in [-0.4, -0.2) is 15.0 Å². The minimum Gasteiger partial charge on any atom is -0.360 e. The lowest BCUT2D eigenvalue weighted by atomic mass is 10.1. The normalized spacial score (nSPS) is 11.0. The fourth-order valence-electron chi connectivity index (χ4n) is 2.17. The van der Waals surface area contributed by atoms with Gasteiger partial charge in [0, 0.05) is 29.2 Å². The smallest absolute Gasteiger partial charge is 0.0906 e. The zero-order valence-electron chi connectivity index (χ0n) is 10.1. The Labute approximate surface area is 105 Å². The molecule has 0 aliphatic heterocycles. The molecule has 0 amide bonds. The van der Waals surface area contributed by atoms with Crippen molar-refractivity contribution in [3.63, 3.8) is 0 Å². The number of nitrogens with zero attached hydrogens (tertiary/aromatic N) is 2. The quantitative estimate of drug-likeness (QED) is 0.720. The molecule has 1 aromatic carbocycles. The average Bonchev–Trinajstić information content (AvgIpc) is 2.84. The molecule has 0 aliphatic carbocycles. The number of aromatic nitrogens is 3. The van der Waals surface area contributed by atoms with Gasteiger partial charge in [0.25, 0.3) is 0 Å². The first kappa shape index (κ1) is 10.9. The third-order valence-corrected chi connectivity index (χ3v) is 3.10. The van der Waals surface area contributed by atoms with Crippen molar-refractivity contribution >= 4 is 10.9 Å². The lowest BCUT2D eigenvalue weighted by Gasteiger charge is -2.02. The van der Waals surface area contributed by atoms with E-state index in [2.05, 4.69) is 34.0 Å². The van der Waals surface area contributed by atoms with E-state index in [1.807, 2.05) is 12.3 Å². The fraction of sp³-hybridized carbons (Fsp3) is 0.143. The highest BCUT2D eigenvalue weighted by atomic mass is 14.8. The molecule has 4 nitrogen and oxygen atoms in total. The van der Waals surface area contributed by atoms with Crippen molar-refractivity contribution in [1.82, 2.24) is 15.0 Å². The Morgan fingerprint density at radius 2 is 2.11 bits per heavy atom. The SMILES string of the molecule is Cc1cccc2[nH]cc(-c3cnc(CN)cn3)c12. The van der Waals surface area contributed by atoms with E-state index in [9.17, 15) is 0 Å². The van der Waals surface area contributed by atoms with Gasteiger partial charge in [0.15, 0.2) is 0 Å². The summed E-state index contributed by atoms with van der Waals surface area (Å²) in [5, 5.41) is 1.20. The van der Waals surface area contributed by atoms with Gasteiger partial charge >= 0.3 is 0 Å². The zero-order chi connectivity index (χ0) is 12.5. The molecule has 90 valence electrons. The lowest BCUT2D eigenvalue weighted by molar-refractivity contribution is 0.966. The molecule has 3 aromatic rings. The van der Waals surface area contributed by atoms with E-state index < -0.39 is 0 Å². The van der Waals surface area contributed by atoms with Crippen LogP contribution in [0.15, 0.2) is 36.8 Å². The molecule has 0 bridgehead atoms. The number of aromatic amines is 1. The second-order valence-electron chi connectivity index (χ2n) is 4.30. The van der Waals surface area contributed by atoms with Gasteiger partial charge in [-0.3, -0.25) is 9.97 Å². The molecule has 0 aliphatic rings. The summed E-state index contributed by atoms with van der Waals surface area (Å²) in [5.74, 6) is 0. The molecule has 0 saturated carbocycles. The lowest BCUT2D eigenvalue weighted by Crippen LogP contribution is -2.00. The number of rotatable bonds is 2.